The monoisotopic (exact) mass is 412 g/mol. The molecule has 0 spiro atoms. The van der Waals surface area contributed by atoms with Gasteiger partial charge in [-0.3, -0.25) is 10.1 Å². The van der Waals surface area contributed by atoms with E-state index < -0.39 is 0 Å². The molecular weight excluding hydrogens is 400 g/mol. The molecule has 6 heteroatoms. The third-order valence-corrected chi connectivity index (χ3v) is 4.33. The summed E-state index contributed by atoms with van der Waals surface area (Å²) in [5.74, 6) is 0. The van der Waals surface area contributed by atoms with E-state index >= 15 is 0 Å². The van der Waals surface area contributed by atoms with Gasteiger partial charge in [-0.2, -0.15) is 0 Å². The summed E-state index contributed by atoms with van der Waals surface area (Å²) in [5, 5.41) is 14.4. The van der Waals surface area contributed by atoms with Crippen molar-refractivity contribution in [3.63, 3.8) is 0 Å². The van der Waals surface area contributed by atoms with E-state index in [1.54, 1.807) is 12.1 Å². The molecule has 1 N–H and O–H groups in total. The molecule has 0 amide bonds. The van der Waals surface area contributed by atoms with E-state index in [2.05, 4.69) is 37.2 Å². The van der Waals surface area contributed by atoms with Crippen LogP contribution >= 0.6 is 31.9 Å². The van der Waals surface area contributed by atoms with Gasteiger partial charge in [-0.15, -0.1) is 0 Å². The van der Waals surface area contributed by atoms with Gasteiger partial charge in [-0.1, -0.05) is 44.0 Å². The lowest BCUT2D eigenvalue weighted by atomic mass is 10.1. The van der Waals surface area contributed by atoms with E-state index in [1.165, 1.54) is 0 Å². The molecule has 0 radical (unpaired) electrons. The van der Waals surface area contributed by atoms with Crippen molar-refractivity contribution >= 4 is 43.2 Å². The molecule has 4 nitrogen and oxygen atoms in total. The van der Waals surface area contributed by atoms with E-state index in [0.717, 1.165) is 20.1 Å². The first-order valence-corrected chi connectivity index (χ1v) is 7.93. The minimum Gasteiger partial charge on any atom is -0.373 e. The Balaban J connectivity index is 2.31. The van der Waals surface area contributed by atoms with Crippen molar-refractivity contribution < 1.29 is 4.92 Å². The van der Waals surface area contributed by atoms with Crippen molar-refractivity contribution in [2.45, 2.75) is 19.9 Å². The molecule has 0 aliphatic heterocycles. The number of rotatable bonds is 4. The standard InChI is InChI=1S/C15H14Br2N2O2/c1-9-3-6-14(15(7-9)19(20)21)18-10(2)12-5-4-11(16)8-13(12)17/h3-8,10,18H,1-2H3. The summed E-state index contributed by atoms with van der Waals surface area (Å²) in [6.45, 7) is 3.81. The highest BCUT2D eigenvalue weighted by Crippen LogP contribution is 2.32. The average Bonchev–Trinajstić information content (AvgIpc) is 2.40. The molecule has 1 atom stereocenters. The Bertz CT molecular complexity index is 689. The van der Waals surface area contributed by atoms with Crippen molar-refractivity contribution in [2.75, 3.05) is 5.32 Å². The molecule has 110 valence electrons. The van der Waals surface area contributed by atoms with Crippen molar-refractivity contribution in [3.8, 4) is 0 Å². The molecule has 0 saturated carbocycles. The Morgan fingerprint density at radius 1 is 1.19 bits per heavy atom. The molecule has 0 saturated heterocycles. The van der Waals surface area contributed by atoms with Crippen LogP contribution in [0.4, 0.5) is 11.4 Å². The number of nitrogens with zero attached hydrogens (tertiary/aromatic N) is 1. The van der Waals surface area contributed by atoms with Crippen LogP contribution in [-0.4, -0.2) is 4.92 Å². The van der Waals surface area contributed by atoms with Crippen LogP contribution in [0.2, 0.25) is 0 Å². The molecule has 1 unspecified atom stereocenters. The van der Waals surface area contributed by atoms with Crippen LogP contribution in [-0.2, 0) is 0 Å². The fraction of sp³-hybridized carbons (Fsp3) is 0.200. The summed E-state index contributed by atoms with van der Waals surface area (Å²) in [6.07, 6.45) is 0. The number of nitro benzene ring substituents is 1. The smallest absolute Gasteiger partial charge is 0.292 e. The van der Waals surface area contributed by atoms with Gasteiger partial charge in [0.25, 0.3) is 5.69 Å². The molecule has 0 bridgehead atoms. The van der Waals surface area contributed by atoms with Gasteiger partial charge in [0.05, 0.1) is 4.92 Å². The molecule has 0 aliphatic rings. The van der Waals surface area contributed by atoms with E-state index in [9.17, 15) is 10.1 Å². The second-order valence-corrected chi connectivity index (χ2v) is 6.58. The van der Waals surface area contributed by atoms with E-state index in [-0.39, 0.29) is 16.7 Å². The lowest BCUT2D eigenvalue weighted by Crippen LogP contribution is -2.09. The zero-order valence-electron chi connectivity index (χ0n) is 11.6. The minimum absolute atomic E-state index is 0.0612. The summed E-state index contributed by atoms with van der Waals surface area (Å²) >= 11 is 6.93. The number of hydrogen-bond donors (Lipinski definition) is 1. The minimum atomic E-state index is -0.362. The number of anilines is 1. The first kappa shape index (κ1) is 16.0. The Morgan fingerprint density at radius 2 is 1.90 bits per heavy atom. The van der Waals surface area contributed by atoms with E-state index in [0.29, 0.717) is 5.69 Å². The van der Waals surface area contributed by atoms with E-state index in [1.807, 2.05) is 38.1 Å². The summed E-state index contributed by atoms with van der Waals surface area (Å²) < 4.78 is 1.93. The second kappa shape index (κ2) is 6.58. The van der Waals surface area contributed by atoms with Crippen LogP contribution in [0.1, 0.15) is 24.1 Å². The predicted molar refractivity (Wildman–Crippen MR) is 91.7 cm³/mol. The number of halogens is 2. The molecule has 2 aromatic carbocycles. The molecule has 2 aromatic rings. The van der Waals surface area contributed by atoms with Crippen molar-refractivity contribution in [3.05, 3.63) is 66.6 Å². The van der Waals surface area contributed by atoms with Gasteiger partial charge < -0.3 is 5.32 Å². The SMILES string of the molecule is Cc1ccc(NC(C)c2ccc(Br)cc2Br)c([N+](=O)[O-])c1. The molecular formula is C15H14Br2N2O2. The molecule has 21 heavy (non-hydrogen) atoms. The zero-order valence-corrected chi connectivity index (χ0v) is 14.7. The normalized spacial score (nSPS) is 12.0. The van der Waals surface area contributed by atoms with Crippen molar-refractivity contribution in [1.82, 2.24) is 0 Å². The molecule has 0 heterocycles. The second-order valence-electron chi connectivity index (χ2n) is 4.81. The predicted octanol–water partition coefficient (Wildman–Crippen LogP) is 5.60. The lowest BCUT2D eigenvalue weighted by Gasteiger charge is -2.17. The highest BCUT2D eigenvalue weighted by atomic mass is 79.9. The highest BCUT2D eigenvalue weighted by Gasteiger charge is 2.17. The maximum absolute atomic E-state index is 11.2. The van der Waals surface area contributed by atoms with E-state index in [4.69, 9.17) is 0 Å². The van der Waals surface area contributed by atoms with Crippen LogP contribution < -0.4 is 5.32 Å². The number of aryl methyl sites for hydroxylation is 1. The lowest BCUT2D eigenvalue weighted by molar-refractivity contribution is -0.384. The molecule has 0 fully saturated rings. The molecule has 0 aromatic heterocycles. The number of hydrogen-bond acceptors (Lipinski definition) is 3. The van der Waals surface area contributed by atoms with Crippen LogP contribution in [0.25, 0.3) is 0 Å². The Labute approximate surface area is 140 Å². The number of nitro groups is 1. The topological polar surface area (TPSA) is 55.2 Å². The first-order chi connectivity index (χ1) is 9.88. The fourth-order valence-electron chi connectivity index (χ4n) is 2.08. The quantitative estimate of drug-likeness (QED) is 0.524. The summed E-state index contributed by atoms with van der Waals surface area (Å²) in [7, 11) is 0. The van der Waals surface area contributed by atoms with Crippen LogP contribution in [0.15, 0.2) is 45.3 Å². The summed E-state index contributed by atoms with van der Waals surface area (Å²) in [4.78, 5) is 10.8. The van der Waals surface area contributed by atoms with Crippen molar-refractivity contribution in [2.24, 2.45) is 0 Å². The van der Waals surface area contributed by atoms with Gasteiger partial charge >= 0.3 is 0 Å². The number of nitrogens with one attached hydrogen (secondary N) is 1. The average molecular weight is 414 g/mol. The number of benzene rings is 2. The van der Waals surface area contributed by atoms with Crippen LogP contribution in [0, 0.1) is 17.0 Å². The summed E-state index contributed by atoms with van der Waals surface area (Å²) in [6, 6.07) is 11.0. The first-order valence-electron chi connectivity index (χ1n) is 6.35. The van der Waals surface area contributed by atoms with Gasteiger partial charge in [0.1, 0.15) is 5.69 Å². The highest BCUT2D eigenvalue weighted by molar-refractivity contribution is 9.11. The van der Waals surface area contributed by atoms with Gasteiger partial charge in [-0.05, 0) is 43.2 Å². The maximum Gasteiger partial charge on any atom is 0.292 e. The zero-order chi connectivity index (χ0) is 15.6. The third-order valence-electron chi connectivity index (χ3n) is 3.15. The largest absolute Gasteiger partial charge is 0.373 e. The Morgan fingerprint density at radius 3 is 2.52 bits per heavy atom. The Hall–Kier alpha value is -1.40. The Kier molecular flexibility index (Phi) is 5.00. The molecule has 0 aliphatic carbocycles. The summed E-state index contributed by atoms with van der Waals surface area (Å²) in [5.41, 5.74) is 2.51. The van der Waals surface area contributed by atoms with Gasteiger partial charge in [0.15, 0.2) is 0 Å². The van der Waals surface area contributed by atoms with Gasteiger partial charge in [-0.25, -0.2) is 0 Å². The maximum atomic E-state index is 11.2. The van der Waals surface area contributed by atoms with Gasteiger partial charge in [0, 0.05) is 21.1 Å². The third kappa shape index (κ3) is 3.83. The molecule has 2 rings (SSSR count). The van der Waals surface area contributed by atoms with Crippen LogP contribution in [0.3, 0.4) is 0 Å². The van der Waals surface area contributed by atoms with Crippen molar-refractivity contribution in [1.29, 1.82) is 0 Å². The fourth-order valence-corrected chi connectivity index (χ4v) is 3.47. The van der Waals surface area contributed by atoms with Gasteiger partial charge in [0.2, 0.25) is 0 Å². The van der Waals surface area contributed by atoms with Crippen LogP contribution in [0.5, 0.6) is 0 Å².